The number of nitrogens with zero attached hydrogens (tertiary/aromatic N) is 2. The molecule has 1 aromatic carbocycles. The number of aromatic nitrogens is 1. The summed E-state index contributed by atoms with van der Waals surface area (Å²) in [6, 6.07) is 7.21. The highest BCUT2D eigenvalue weighted by Crippen LogP contribution is 2.28. The van der Waals surface area contributed by atoms with Crippen molar-refractivity contribution in [3.63, 3.8) is 0 Å². The molecule has 1 saturated heterocycles. The van der Waals surface area contributed by atoms with Crippen LogP contribution in [0.15, 0.2) is 28.7 Å². The molecule has 1 aliphatic heterocycles. The summed E-state index contributed by atoms with van der Waals surface area (Å²) in [5.41, 5.74) is 1.65. The fourth-order valence-electron chi connectivity index (χ4n) is 2.90. The Kier molecular flexibility index (Phi) is 4.57. The number of nitrogens with one attached hydrogen (secondary N) is 2. The molecule has 2 heterocycles. The third-order valence-corrected chi connectivity index (χ3v) is 4.01. The zero-order chi connectivity index (χ0) is 16.2. The smallest absolute Gasteiger partial charge is 0.321 e. The van der Waals surface area contributed by atoms with E-state index in [2.05, 4.69) is 15.6 Å². The number of likely N-dealkylation sites (tertiary alicyclic amines) is 1. The number of carbonyl (C=O) groups is 2. The van der Waals surface area contributed by atoms with E-state index in [1.807, 2.05) is 29.2 Å². The van der Waals surface area contributed by atoms with Crippen LogP contribution < -0.4 is 10.6 Å². The summed E-state index contributed by atoms with van der Waals surface area (Å²) in [6.07, 6.45) is 1.96. The highest BCUT2D eigenvalue weighted by molar-refractivity contribution is 5.95. The van der Waals surface area contributed by atoms with Crippen LogP contribution in [0.5, 0.6) is 0 Å². The third-order valence-electron chi connectivity index (χ3n) is 4.01. The van der Waals surface area contributed by atoms with Gasteiger partial charge in [-0.1, -0.05) is 12.1 Å². The number of piperidine rings is 1. The predicted molar refractivity (Wildman–Crippen MR) is 85.0 cm³/mol. The van der Waals surface area contributed by atoms with Gasteiger partial charge in [-0.25, -0.2) is 9.78 Å². The molecule has 0 bridgehead atoms. The lowest BCUT2D eigenvalue weighted by molar-refractivity contribution is -0.121. The molecule has 2 aromatic rings. The molecule has 2 N–H and O–H groups in total. The molecular formula is C16H20N4O3. The summed E-state index contributed by atoms with van der Waals surface area (Å²) < 4.78 is 5.84. The summed E-state index contributed by atoms with van der Waals surface area (Å²) >= 11 is 0. The number of fused-ring (bicyclic) bond motifs is 1. The van der Waals surface area contributed by atoms with Crippen LogP contribution in [0.4, 0.5) is 4.79 Å². The zero-order valence-corrected chi connectivity index (χ0v) is 13.0. The van der Waals surface area contributed by atoms with E-state index in [9.17, 15) is 9.59 Å². The van der Waals surface area contributed by atoms with Crippen LogP contribution >= 0.6 is 0 Å². The molecule has 23 heavy (non-hydrogen) atoms. The quantitative estimate of drug-likeness (QED) is 0.895. The van der Waals surface area contributed by atoms with Crippen LogP contribution in [0, 0.1) is 0 Å². The van der Waals surface area contributed by atoms with Crippen molar-refractivity contribution in [3.05, 3.63) is 30.2 Å². The van der Waals surface area contributed by atoms with Gasteiger partial charge in [-0.3, -0.25) is 15.0 Å². The Morgan fingerprint density at radius 3 is 3.00 bits per heavy atom. The van der Waals surface area contributed by atoms with Crippen molar-refractivity contribution in [2.45, 2.75) is 18.8 Å². The minimum Gasteiger partial charge on any atom is -0.440 e. The maximum Gasteiger partial charge on any atom is 0.321 e. The second kappa shape index (κ2) is 6.78. The van der Waals surface area contributed by atoms with Gasteiger partial charge in [-0.2, -0.15) is 0 Å². The molecule has 1 atom stereocenters. The van der Waals surface area contributed by atoms with Crippen molar-refractivity contribution < 1.29 is 14.0 Å². The van der Waals surface area contributed by atoms with Gasteiger partial charge in [-0.05, 0) is 31.5 Å². The van der Waals surface area contributed by atoms with Gasteiger partial charge in [0.25, 0.3) is 0 Å². The average molecular weight is 316 g/mol. The minimum absolute atomic E-state index is 0.170. The number of para-hydroxylation sites is 2. The monoisotopic (exact) mass is 316 g/mol. The summed E-state index contributed by atoms with van der Waals surface area (Å²) in [5.74, 6) is 0.592. The second-order valence-electron chi connectivity index (χ2n) is 5.72. The number of hydrogen-bond acceptors (Lipinski definition) is 5. The first-order chi connectivity index (χ1) is 11.2. The SMILES string of the molecule is CNC(=O)NC(=O)CN1CCC[C@@H](c2nc3ccccc3o2)C1. The van der Waals surface area contributed by atoms with Crippen molar-refractivity contribution in [2.75, 3.05) is 26.7 Å². The Hall–Kier alpha value is -2.41. The maximum absolute atomic E-state index is 11.8. The second-order valence-corrected chi connectivity index (χ2v) is 5.72. The Morgan fingerprint density at radius 2 is 2.22 bits per heavy atom. The van der Waals surface area contributed by atoms with Gasteiger partial charge in [0.1, 0.15) is 5.52 Å². The lowest BCUT2D eigenvalue weighted by atomic mass is 9.98. The van der Waals surface area contributed by atoms with Crippen LogP contribution in [0.25, 0.3) is 11.1 Å². The standard InChI is InChI=1S/C16H20N4O3/c1-17-16(22)19-14(21)10-20-8-4-5-11(9-20)15-18-12-6-2-3-7-13(12)23-15/h2-3,6-7,11H,4-5,8-10H2,1H3,(H2,17,19,21,22)/t11-/m1/s1. The van der Waals surface area contributed by atoms with Gasteiger partial charge in [0, 0.05) is 19.5 Å². The molecule has 122 valence electrons. The number of urea groups is 1. The van der Waals surface area contributed by atoms with E-state index in [4.69, 9.17) is 4.42 Å². The van der Waals surface area contributed by atoms with Gasteiger partial charge in [-0.15, -0.1) is 0 Å². The number of amides is 3. The lowest BCUT2D eigenvalue weighted by Crippen LogP contribution is -2.45. The van der Waals surface area contributed by atoms with Crippen molar-refractivity contribution >= 4 is 23.0 Å². The normalized spacial score (nSPS) is 18.7. The fraction of sp³-hybridized carbons (Fsp3) is 0.438. The van der Waals surface area contributed by atoms with Gasteiger partial charge >= 0.3 is 6.03 Å². The lowest BCUT2D eigenvalue weighted by Gasteiger charge is -2.30. The topological polar surface area (TPSA) is 87.5 Å². The average Bonchev–Trinajstić information content (AvgIpc) is 2.99. The Bertz CT molecular complexity index is 679. The van der Waals surface area contributed by atoms with E-state index < -0.39 is 6.03 Å². The predicted octanol–water partition coefficient (Wildman–Crippen LogP) is 1.46. The first kappa shape index (κ1) is 15.5. The number of hydrogen-bond donors (Lipinski definition) is 2. The van der Waals surface area contributed by atoms with E-state index in [0.717, 1.165) is 36.4 Å². The van der Waals surface area contributed by atoms with Crippen molar-refractivity contribution in [2.24, 2.45) is 0 Å². The van der Waals surface area contributed by atoms with Crippen molar-refractivity contribution in [1.29, 1.82) is 0 Å². The zero-order valence-electron chi connectivity index (χ0n) is 13.0. The number of imide groups is 1. The largest absolute Gasteiger partial charge is 0.440 e. The molecule has 1 fully saturated rings. The molecule has 0 unspecified atom stereocenters. The molecule has 7 heteroatoms. The summed E-state index contributed by atoms with van der Waals surface area (Å²) in [5, 5.41) is 4.65. The molecule has 3 rings (SSSR count). The van der Waals surface area contributed by atoms with E-state index >= 15 is 0 Å². The number of oxazole rings is 1. The third kappa shape index (κ3) is 3.68. The molecule has 1 aliphatic rings. The first-order valence-corrected chi connectivity index (χ1v) is 7.75. The number of benzene rings is 1. The van der Waals surface area contributed by atoms with E-state index in [0.29, 0.717) is 6.54 Å². The number of rotatable bonds is 3. The molecule has 0 spiro atoms. The Morgan fingerprint density at radius 1 is 1.39 bits per heavy atom. The fourth-order valence-corrected chi connectivity index (χ4v) is 2.90. The molecule has 0 saturated carbocycles. The molecular weight excluding hydrogens is 296 g/mol. The molecule has 0 radical (unpaired) electrons. The van der Waals surface area contributed by atoms with Crippen LogP contribution in [0.2, 0.25) is 0 Å². The van der Waals surface area contributed by atoms with E-state index in [1.54, 1.807) is 0 Å². The van der Waals surface area contributed by atoms with E-state index in [1.165, 1.54) is 7.05 Å². The molecule has 3 amide bonds. The minimum atomic E-state index is -0.484. The summed E-state index contributed by atoms with van der Waals surface area (Å²) in [6.45, 7) is 1.73. The van der Waals surface area contributed by atoms with Crippen molar-refractivity contribution in [1.82, 2.24) is 20.5 Å². The first-order valence-electron chi connectivity index (χ1n) is 7.75. The van der Waals surface area contributed by atoms with Crippen LogP contribution in [-0.4, -0.2) is 48.5 Å². The van der Waals surface area contributed by atoms with Crippen LogP contribution in [-0.2, 0) is 4.79 Å². The highest BCUT2D eigenvalue weighted by Gasteiger charge is 2.26. The van der Waals surface area contributed by atoms with Crippen LogP contribution in [0.1, 0.15) is 24.7 Å². The van der Waals surface area contributed by atoms with E-state index in [-0.39, 0.29) is 18.4 Å². The Balaban J connectivity index is 1.63. The van der Waals surface area contributed by atoms with Gasteiger partial charge in [0.05, 0.1) is 6.54 Å². The summed E-state index contributed by atoms with van der Waals surface area (Å²) in [7, 11) is 1.48. The maximum atomic E-state index is 11.8. The van der Waals surface area contributed by atoms with Crippen molar-refractivity contribution in [3.8, 4) is 0 Å². The molecule has 0 aliphatic carbocycles. The molecule has 7 nitrogen and oxygen atoms in total. The molecule has 1 aromatic heterocycles. The summed E-state index contributed by atoms with van der Waals surface area (Å²) in [4.78, 5) is 29.6. The Labute approximate surface area is 134 Å². The number of carbonyl (C=O) groups excluding carboxylic acids is 2. The highest BCUT2D eigenvalue weighted by atomic mass is 16.3. The van der Waals surface area contributed by atoms with Gasteiger partial charge < -0.3 is 9.73 Å². The van der Waals surface area contributed by atoms with Gasteiger partial charge in [0.15, 0.2) is 11.5 Å². The van der Waals surface area contributed by atoms with Crippen LogP contribution in [0.3, 0.4) is 0 Å². The van der Waals surface area contributed by atoms with Gasteiger partial charge in [0.2, 0.25) is 5.91 Å².